The number of anilines is 1. The van der Waals surface area contributed by atoms with Crippen molar-refractivity contribution in [1.82, 2.24) is 30.0 Å². The summed E-state index contributed by atoms with van der Waals surface area (Å²) in [4.78, 5) is 25.8. The number of rotatable bonds is 8. The van der Waals surface area contributed by atoms with Gasteiger partial charge in [0.25, 0.3) is 0 Å². The highest BCUT2D eigenvalue weighted by Gasteiger charge is 2.30. The lowest BCUT2D eigenvalue weighted by molar-refractivity contribution is -0.125. The number of nitrogens with zero attached hydrogens (tertiary/aromatic N) is 5. The summed E-state index contributed by atoms with van der Waals surface area (Å²) < 4.78 is 7.49. The van der Waals surface area contributed by atoms with E-state index in [0.29, 0.717) is 29.4 Å². The molecule has 1 amide bonds. The minimum atomic E-state index is -0.00825. The van der Waals surface area contributed by atoms with E-state index in [-0.39, 0.29) is 17.9 Å². The zero-order valence-electron chi connectivity index (χ0n) is 19.3. The number of fused-ring (bicyclic) bond motifs is 1. The predicted molar refractivity (Wildman–Crippen MR) is 137 cm³/mol. The van der Waals surface area contributed by atoms with E-state index in [1.807, 2.05) is 42.6 Å². The molecule has 1 fully saturated rings. The Labute approximate surface area is 211 Å². The van der Waals surface area contributed by atoms with Crippen molar-refractivity contribution < 1.29 is 9.53 Å². The van der Waals surface area contributed by atoms with E-state index < -0.39 is 0 Å². The van der Waals surface area contributed by atoms with Gasteiger partial charge in [-0.2, -0.15) is 10.1 Å². The summed E-state index contributed by atoms with van der Waals surface area (Å²) in [6.45, 7) is 1.05. The molecule has 2 N–H and O–H groups in total. The highest BCUT2D eigenvalue weighted by Crippen LogP contribution is 2.30. The molecule has 0 unspecified atom stereocenters. The van der Waals surface area contributed by atoms with Gasteiger partial charge in [-0.25, -0.2) is 9.67 Å². The first kappa shape index (κ1) is 23.4. The second-order valence-electron chi connectivity index (χ2n) is 8.56. The summed E-state index contributed by atoms with van der Waals surface area (Å²) in [6, 6.07) is 12.2. The fourth-order valence-electron chi connectivity index (χ4n) is 4.40. The number of benzene rings is 1. The Kier molecular flexibility index (Phi) is 7.01. The number of ether oxygens (including phenoxy) is 1. The Morgan fingerprint density at radius 1 is 1.17 bits per heavy atom. The molecule has 3 aromatic heterocycles. The van der Waals surface area contributed by atoms with Gasteiger partial charge < -0.3 is 15.4 Å². The van der Waals surface area contributed by atoms with Crippen LogP contribution in [0.2, 0.25) is 0 Å². The minimum Gasteiger partial charge on any atom is -0.383 e. The fraction of sp³-hybridized carbons (Fsp3) is 0.320. The molecule has 0 saturated heterocycles. The SMILES string of the molecule is COCCNC(=O)[C@@H]1CC[C@@H](Nc2ncc3c(Br)nn(-c4ccc(-c5cccnc5)cc4)c3n2)C1. The molecule has 2 atom stereocenters. The van der Waals surface area contributed by atoms with Gasteiger partial charge in [0.15, 0.2) is 5.65 Å². The largest absolute Gasteiger partial charge is 0.383 e. The van der Waals surface area contributed by atoms with Crippen molar-refractivity contribution in [3.8, 4) is 16.8 Å². The van der Waals surface area contributed by atoms with Gasteiger partial charge >= 0.3 is 0 Å². The van der Waals surface area contributed by atoms with Crippen LogP contribution in [0, 0.1) is 5.92 Å². The highest BCUT2D eigenvalue weighted by molar-refractivity contribution is 9.10. The average molecular weight is 536 g/mol. The van der Waals surface area contributed by atoms with E-state index in [4.69, 9.17) is 9.72 Å². The monoisotopic (exact) mass is 535 g/mol. The molecular weight excluding hydrogens is 510 g/mol. The van der Waals surface area contributed by atoms with Crippen LogP contribution >= 0.6 is 15.9 Å². The summed E-state index contributed by atoms with van der Waals surface area (Å²) in [5.74, 6) is 0.606. The number of aromatic nitrogens is 5. The van der Waals surface area contributed by atoms with E-state index in [2.05, 4.69) is 41.6 Å². The van der Waals surface area contributed by atoms with E-state index in [0.717, 1.165) is 41.5 Å². The maximum absolute atomic E-state index is 12.4. The third-order valence-corrected chi connectivity index (χ3v) is 6.81. The lowest BCUT2D eigenvalue weighted by Crippen LogP contribution is -2.32. The summed E-state index contributed by atoms with van der Waals surface area (Å²) >= 11 is 3.53. The molecule has 35 heavy (non-hydrogen) atoms. The first-order chi connectivity index (χ1) is 17.1. The molecule has 10 heteroatoms. The van der Waals surface area contributed by atoms with Crippen LogP contribution < -0.4 is 10.6 Å². The van der Waals surface area contributed by atoms with Gasteiger partial charge in [-0.15, -0.1) is 0 Å². The van der Waals surface area contributed by atoms with Crippen LogP contribution in [0.3, 0.4) is 0 Å². The smallest absolute Gasteiger partial charge is 0.224 e. The predicted octanol–water partition coefficient (Wildman–Crippen LogP) is 3.98. The van der Waals surface area contributed by atoms with Crippen molar-refractivity contribution >= 4 is 38.8 Å². The first-order valence-electron chi connectivity index (χ1n) is 11.6. The molecule has 3 heterocycles. The average Bonchev–Trinajstić information content (AvgIpc) is 3.49. The van der Waals surface area contributed by atoms with E-state index >= 15 is 0 Å². The molecule has 4 aromatic rings. The van der Waals surface area contributed by atoms with Crippen LogP contribution in [0.25, 0.3) is 27.8 Å². The Morgan fingerprint density at radius 2 is 2.03 bits per heavy atom. The quantitative estimate of drug-likeness (QED) is 0.328. The Balaban J connectivity index is 1.32. The summed E-state index contributed by atoms with van der Waals surface area (Å²) in [6.07, 6.45) is 7.86. The van der Waals surface area contributed by atoms with Gasteiger partial charge in [-0.3, -0.25) is 9.78 Å². The summed E-state index contributed by atoms with van der Waals surface area (Å²) in [7, 11) is 1.63. The van der Waals surface area contributed by atoms with Gasteiger partial charge in [0.05, 0.1) is 17.7 Å². The number of amides is 1. The van der Waals surface area contributed by atoms with Crippen molar-refractivity contribution in [3.63, 3.8) is 0 Å². The maximum Gasteiger partial charge on any atom is 0.224 e. The van der Waals surface area contributed by atoms with Gasteiger partial charge in [0.2, 0.25) is 11.9 Å². The topological polar surface area (TPSA) is 107 Å². The maximum atomic E-state index is 12.4. The van der Waals surface area contributed by atoms with Gasteiger partial charge in [-0.05, 0) is 64.5 Å². The second-order valence-corrected chi connectivity index (χ2v) is 9.31. The van der Waals surface area contributed by atoms with Crippen molar-refractivity contribution in [1.29, 1.82) is 0 Å². The van der Waals surface area contributed by atoms with Crippen LogP contribution in [-0.2, 0) is 9.53 Å². The van der Waals surface area contributed by atoms with Crippen molar-refractivity contribution in [2.45, 2.75) is 25.3 Å². The van der Waals surface area contributed by atoms with Crippen molar-refractivity contribution in [2.24, 2.45) is 5.92 Å². The van der Waals surface area contributed by atoms with Crippen molar-refractivity contribution in [3.05, 3.63) is 59.6 Å². The molecule has 1 saturated carbocycles. The van der Waals surface area contributed by atoms with E-state index in [1.165, 1.54) is 0 Å². The molecule has 5 rings (SSSR count). The number of methoxy groups -OCH3 is 1. The molecular formula is C25H26BrN7O2. The fourth-order valence-corrected chi connectivity index (χ4v) is 4.84. The zero-order valence-corrected chi connectivity index (χ0v) is 20.9. The first-order valence-corrected chi connectivity index (χ1v) is 12.4. The Morgan fingerprint density at radius 3 is 2.80 bits per heavy atom. The number of pyridine rings is 1. The number of halogens is 1. The van der Waals surface area contributed by atoms with E-state index in [1.54, 1.807) is 24.2 Å². The summed E-state index contributed by atoms with van der Waals surface area (Å²) in [5.41, 5.74) is 3.74. The van der Waals surface area contributed by atoms with Crippen LogP contribution in [0.15, 0.2) is 59.6 Å². The minimum absolute atomic E-state index is 0.00825. The van der Waals surface area contributed by atoms with Crippen LogP contribution in [-0.4, -0.2) is 56.9 Å². The highest BCUT2D eigenvalue weighted by atomic mass is 79.9. The Hall–Kier alpha value is -3.37. The number of carbonyl (C=O) groups is 1. The Bertz CT molecular complexity index is 1310. The van der Waals surface area contributed by atoms with Crippen LogP contribution in [0.5, 0.6) is 0 Å². The van der Waals surface area contributed by atoms with Gasteiger partial charge in [-0.1, -0.05) is 18.2 Å². The molecule has 180 valence electrons. The second kappa shape index (κ2) is 10.5. The van der Waals surface area contributed by atoms with Gasteiger partial charge in [0.1, 0.15) is 4.60 Å². The molecule has 1 aromatic carbocycles. The third-order valence-electron chi connectivity index (χ3n) is 6.23. The lowest BCUT2D eigenvalue weighted by Gasteiger charge is -2.14. The van der Waals surface area contributed by atoms with Gasteiger partial charge in [0, 0.05) is 44.2 Å². The number of hydrogen-bond donors (Lipinski definition) is 2. The molecule has 1 aliphatic carbocycles. The van der Waals surface area contributed by atoms with Crippen LogP contribution in [0.1, 0.15) is 19.3 Å². The zero-order chi connectivity index (χ0) is 24.2. The molecule has 0 radical (unpaired) electrons. The molecule has 0 aliphatic heterocycles. The number of hydrogen-bond acceptors (Lipinski definition) is 7. The molecule has 0 bridgehead atoms. The molecule has 9 nitrogen and oxygen atoms in total. The summed E-state index contributed by atoms with van der Waals surface area (Å²) in [5, 5.41) is 11.8. The van der Waals surface area contributed by atoms with Crippen molar-refractivity contribution in [2.75, 3.05) is 25.6 Å². The third kappa shape index (κ3) is 5.18. The normalized spacial score (nSPS) is 17.5. The number of carbonyl (C=O) groups excluding carboxylic acids is 1. The standard InChI is InChI=1S/C25H26BrN7O2/c1-35-12-11-28-24(34)17-4-7-19(13-17)30-25-29-15-21-22(26)32-33(23(21)31-25)20-8-5-16(6-9-20)18-3-2-10-27-14-18/h2-3,5-6,8-10,14-15,17,19H,4,7,11-13H2,1H3,(H,28,34)(H,29,30,31)/t17-,19-/m1/s1. The number of nitrogens with one attached hydrogen (secondary N) is 2. The molecule has 0 spiro atoms. The van der Waals surface area contributed by atoms with Crippen LogP contribution in [0.4, 0.5) is 5.95 Å². The molecule has 1 aliphatic rings. The van der Waals surface area contributed by atoms with E-state index in [9.17, 15) is 4.79 Å². The lowest BCUT2D eigenvalue weighted by atomic mass is 10.1.